The van der Waals surface area contributed by atoms with Crippen molar-refractivity contribution in [1.82, 2.24) is 0 Å². The molecule has 0 saturated carbocycles. The van der Waals surface area contributed by atoms with E-state index in [2.05, 4.69) is 0 Å². The first-order valence-electron chi connectivity index (χ1n) is 7.24. The third-order valence-corrected chi connectivity index (χ3v) is 3.68. The topological polar surface area (TPSA) is 53.7 Å². The Hall–Kier alpha value is -2.27. The number of hydrogen-bond donors (Lipinski definition) is 1. The van der Waals surface area contributed by atoms with Gasteiger partial charge in [-0.05, 0) is 48.7 Å². The lowest BCUT2D eigenvalue weighted by atomic mass is 9.96. The van der Waals surface area contributed by atoms with Crippen molar-refractivity contribution in [2.75, 3.05) is 19.9 Å². The van der Waals surface area contributed by atoms with Crippen LogP contribution in [0.15, 0.2) is 42.5 Å². The zero-order valence-electron chi connectivity index (χ0n) is 12.1. The van der Waals surface area contributed by atoms with Crippen molar-refractivity contribution < 1.29 is 18.6 Å². The summed E-state index contributed by atoms with van der Waals surface area (Å²) in [6.45, 7) is 1.24. The molecule has 0 amide bonds. The van der Waals surface area contributed by atoms with Gasteiger partial charge in [0.15, 0.2) is 11.5 Å². The van der Waals surface area contributed by atoms with E-state index in [1.165, 1.54) is 12.1 Å². The van der Waals surface area contributed by atoms with E-state index in [1.54, 1.807) is 12.1 Å². The van der Waals surface area contributed by atoms with Crippen LogP contribution in [0.3, 0.4) is 0 Å². The van der Waals surface area contributed by atoms with Crippen LogP contribution in [0.1, 0.15) is 17.9 Å². The Morgan fingerprint density at radius 3 is 2.82 bits per heavy atom. The van der Waals surface area contributed by atoms with Gasteiger partial charge >= 0.3 is 0 Å². The van der Waals surface area contributed by atoms with Crippen molar-refractivity contribution >= 4 is 0 Å². The fraction of sp³-hybridized carbons (Fsp3) is 0.294. The second-order valence-corrected chi connectivity index (χ2v) is 5.14. The van der Waals surface area contributed by atoms with Gasteiger partial charge in [-0.1, -0.05) is 12.1 Å². The van der Waals surface area contributed by atoms with Crippen LogP contribution in [0.2, 0.25) is 0 Å². The predicted molar refractivity (Wildman–Crippen MR) is 80.9 cm³/mol. The monoisotopic (exact) mass is 303 g/mol. The Kier molecular flexibility index (Phi) is 4.44. The van der Waals surface area contributed by atoms with Gasteiger partial charge in [-0.15, -0.1) is 0 Å². The first-order valence-corrected chi connectivity index (χ1v) is 7.24. The molecular formula is C17H18FNO3. The molecule has 0 bridgehead atoms. The van der Waals surface area contributed by atoms with Gasteiger partial charge in [-0.2, -0.15) is 0 Å². The molecule has 1 heterocycles. The van der Waals surface area contributed by atoms with Crippen LogP contribution in [0.25, 0.3) is 0 Å². The largest absolute Gasteiger partial charge is 0.493 e. The summed E-state index contributed by atoms with van der Waals surface area (Å²) in [5.74, 6) is 1.89. The van der Waals surface area contributed by atoms with Crippen molar-refractivity contribution in [1.29, 1.82) is 0 Å². The molecule has 2 aromatic rings. The smallest absolute Gasteiger partial charge is 0.231 e. The zero-order chi connectivity index (χ0) is 15.4. The molecule has 5 heteroatoms. The molecule has 0 saturated heterocycles. The SMILES string of the molecule is NCC(CCOc1cccc(F)c1)c1ccc2c(c1)OCO2. The van der Waals surface area contributed by atoms with Gasteiger partial charge in [-0.3, -0.25) is 0 Å². The van der Waals surface area contributed by atoms with Gasteiger partial charge in [0.1, 0.15) is 11.6 Å². The molecular weight excluding hydrogens is 285 g/mol. The van der Waals surface area contributed by atoms with Gasteiger partial charge < -0.3 is 19.9 Å². The van der Waals surface area contributed by atoms with E-state index in [0.717, 1.165) is 23.5 Å². The van der Waals surface area contributed by atoms with Gasteiger partial charge in [-0.25, -0.2) is 4.39 Å². The molecule has 116 valence electrons. The van der Waals surface area contributed by atoms with Crippen molar-refractivity contribution in [2.45, 2.75) is 12.3 Å². The molecule has 0 aromatic heterocycles. The minimum atomic E-state index is -0.302. The third-order valence-electron chi connectivity index (χ3n) is 3.68. The molecule has 0 aliphatic carbocycles. The van der Waals surface area contributed by atoms with E-state index >= 15 is 0 Å². The summed E-state index contributed by atoms with van der Waals surface area (Å²) >= 11 is 0. The minimum Gasteiger partial charge on any atom is -0.493 e. The Balaban J connectivity index is 1.60. The van der Waals surface area contributed by atoms with Crippen LogP contribution >= 0.6 is 0 Å². The molecule has 1 atom stereocenters. The second kappa shape index (κ2) is 6.66. The Morgan fingerprint density at radius 1 is 1.14 bits per heavy atom. The van der Waals surface area contributed by atoms with E-state index in [1.807, 2.05) is 18.2 Å². The number of nitrogens with two attached hydrogens (primary N) is 1. The van der Waals surface area contributed by atoms with Gasteiger partial charge in [0.25, 0.3) is 0 Å². The standard InChI is InChI=1S/C17H18FNO3/c18-14-2-1-3-15(9-14)20-7-6-13(10-19)12-4-5-16-17(8-12)22-11-21-16/h1-5,8-9,13H,6-7,10-11,19H2. The van der Waals surface area contributed by atoms with Crippen LogP contribution in [-0.2, 0) is 0 Å². The van der Waals surface area contributed by atoms with E-state index in [0.29, 0.717) is 18.9 Å². The molecule has 0 radical (unpaired) electrons. The lowest BCUT2D eigenvalue weighted by molar-refractivity contribution is 0.174. The number of ether oxygens (including phenoxy) is 3. The normalized spacial score (nSPS) is 13.9. The van der Waals surface area contributed by atoms with Crippen LogP contribution in [-0.4, -0.2) is 19.9 Å². The van der Waals surface area contributed by atoms with E-state index in [9.17, 15) is 4.39 Å². The highest BCUT2D eigenvalue weighted by molar-refractivity contribution is 5.45. The van der Waals surface area contributed by atoms with Crippen molar-refractivity contribution in [3.63, 3.8) is 0 Å². The van der Waals surface area contributed by atoms with Crippen LogP contribution < -0.4 is 19.9 Å². The number of rotatable bonds is 6. The summed E-state index contributed by atoms with van der Waals surface area (Å²) < 4.78 is 29.4. The maximum absolute atomic E-state index is 13.1. The quantitative estimate of drug-likeness (QED) is 0.891. The highest BCUT2D eigenvalue weighted by atomic mass is 19.1. The lowest BCUT2D eigenvalue weighted by Crippen LogP contribution is -2.15. The molecule has 2 N–H and O–H groups in total. The first-order chi connectivity index (χ1) is 10.8. The van der Waals surface area contributed by atoms with Crippen LogP contribution in [0, 0.1) is 5.82 Å². The van der Waals surface area contributed by atoms with Gasteiger partial charge in [0.2, 0.25) is 6.79 Å². The summed E-state index contributed by atoms with van der Waals surface area (Å²) in [6, 6.07) is 12.0. The fourth-order valence-electron chi connectivity index (χ4n) is 2.46. The van der Waals surface area contributed by atoms with Crippen molar-refractivity contribution in [3.8, 4) is 17.2 Å². The summed E-state index contributed by atoms with van der Waals surface area (Å²) in [6.07, 6.45) is 0.743. The Labute approximate surface area is 128 Å². The molecule has 3 rings (SSSR count). The average Bonchev–Trinajstić information content (AvgIpc) is 2.99. The fourth-order valence-corrected chi connectivity index (χ4v) is 2.46. The first kappa shape index (κ1) is 14.7. The number of benzene rings is 2. The van der Waals surface area contributed by atoms with E-state index in [4.69, 9.17) is 19.9 Å². The average molecular weight is 303 g/mol. The lowest BCUT2D eigenvalue weighted by Gasteiger charge is -2.16. The maximum Gasteiger partial charge on any atom is 0.231 e. The minimum absolute atomic E-state index is 0.156. The zero-order valence-corrected chi connectivity index (χ0v) is 12.1. The van der Waals surface area contributed by atoms with E-state index in [-0.39, 0.29) is 18.5 Å². The van der Waals surface area contributed by atoms with Gasteiger partial charge in [0.05, 0.1) is 6.61 Å². The molecule has 1 aliphatic heterocycles. The highest BCUT2D eigenvalue weighted by Crippen LogP contribution is 2.35. The Bertz CT molecular complexity index is 648. The molecule has 0 fully saturated rings. The highest BCUT2D eigenvalue weighted by Gasteiger charge is 2.17. The summed E-state index contributed by atoms with van der Waals surface area (Å²) in [7, 11) is 0. The number of hydrogen-bond acceptors (Lipinski definition) is 4. The molecule has 1 unspecified atom stereocenters. The third kappa shape index (κ3) is 3.31. The maximum atomic E-state index is 13.1. The van der Waals surface area contributed by atoms with Crippen molar-refractivity contribution in [2.24, 2.45) is 5.73 Å². The van der Waals surface area contributed by atoms with Crippen LogP contribution in [0.4, 0.5) is 4.39 Å². The van der Waals surface area contributed by atoms with Gasteiger partial charge in [0, 0.05) is 6.07 Å². The molecule has 0 spiro atoms. The summed E-state index contributed by atoms with van der Waals surface area (Å²) in [5.41, 5.74) is 6.96. The number of halogens is 1. The molecule has 1 aliphatic rings. The van der Waals surface area contributed by atoms with Crippen molar-refractivity contribution in [3.05, 3.63) is 53.8 Å². The Morgan fingerprint density at radius 2 is 2.00 bits per heavy atom. The molecule has 4 nitrogen and oxygen atoms in total. The second-order valence-electron chi connectivity index (χ2n) is 5.14. The number of fused-ring (bicyclic) bond motifs is 1. The predicted octanol–water partition coefficient (Wildman–Crippen LogP) is 3.07. The molecule has 22 heavy (non-hydrogen) atoms. The van der Waals surface area contributed by atoms with Crippen LogP contribution in [0.5, 0.6) is 17.2 Å². The summed E-state index contributed by atoms with van der Waals surface area (Å²) in [5, 5.41) is 0. The summed E-state index contributed by atoms with van der Waals surface area (Å²) in [4.78, 5) is 0. The molecule has 2 aromatic carbocycles. The van der Waals surface area contributed by atoms with E-state index < -0.39 is 0 Å².